The first-order valence-corrected chi connectivity index (χ1v) is 7.67. The molecule has 4 heteroatoms. The quantitative estimate of drug-likeness (QED) is 0.800. The molecule has 0 unspecified atom stereocenters. The predicted molar refractivity (Wildman–Crippen MR) is 86.9 cm³/mol. The predicted octanol–water partition coefficient (Wildman–Crippen LogP) is 2.45. The Kier molecular flexibility index (Phi) is 7.23. The number of ether oxygens (including phenoxy) is 1. The molecule has 0 bridgehead atoms. The van der Waals surface area contributed by atoms with Crippen LogP contribution < -0.4 is 10.1 Å². The van der Waals surface area contributed by atoms with Crippen molar-refractivity contribution in [2.75, 3.05) is 32.8 Å². The summed E-state index contributed by atoms with van der Waals surface area (Å²) in [5.41, 5.74) is 3.43. The Balaban J connectivity index is 2.40. The Morgan fingerprint density at radius 2 is 1.86 bits per heavy atom. The van der Waals surface area contributed by atoms with Crippen LogP contribution in [0, 0.1) is 20.8 Å². The highest BCUT2D eigenvalue weighted by atomic mass is 16.5. The molecular formula is C17H28N2O2. The highest BCUT2D eigenvalue weighted by Crippen LogP contribution is 2.23. The summed E-state index contributed by atoms with van der Waals surface area (Å²) in [6, 6.07) is 4.10. The van der Waals surface area contributed by atoms with Gasteiger partial charge in [-0.25, -0.2) is 0 Å². The Morgan fingerprint density at radius 1 is 1.19 bits per heavy atom. The molecule has 0 aliphatic carbocycles. The minimum atomic E-state index is -0.0688. The van der Waals surface area contributed by atoms with Gasteiger partial charge in [0.25, 0.3) is 5.91 Å². The van der Waals surface area contributed by atoms with Crippen LogP contribution in [0.1, 0.15) is 30.5 Å². The van der Waals surface area contributed by atoms with Gasteiger partial charge in [0, 0.05) is 13.1 Å². The highest BCUT2D eigenvalue weighted by Gasteiger charge is 2.07. The number of likely N-dealkylation sites (N-methyl/N-ethyl adjacent to an activating group) is 1. The summed E-state index contributed by atoms with van der Waals surface area (Å²) in [6.07, 6.45) is 0. The normalized spacial score (nSPS) is 10.8. The third-order valence-corrected chi connectivity index (χ3v) is 3.77. The van der Waals surface area contributed by atoms with Crippen molar-refractivity contribution < 1.29 is 9.53 Å². The number of nitrogens with one attached hydrogen (secondary N) is 1. The van der Waals surface area contributed by atoms with Crippen LogP contribution in [-0.4, -0.2) is 43.6 Å². The van der Waals surface area contributed by atoms with Crippen molar-refractivity contribution in [3.8, 4) is 5.75 Å². The second kappa shape index (κ2) is 8.67. The van der Waals surface area contributed by atoms with Gasteiger partial charge in [-0.15, -0.1) is 0 Å². The van der Waals surface area contributed by atoms with Gasteiger partial charge in [0.05, 0.1) is 0 Å². The maximum absolute atomic E-state index is 11.8. The zero-order valence-corrected chi connectivity index (χ0v) is 14.0. The van der Waals surface area contributed by atoms with Gasteiger partial charge in [0.1, 0.15) is 5.75 Å². The minimum absolute atomic E-state index is 0.0688. The van der Waals surface area contributed by atoms with Crippen molar-refractivity contribution >= 4 is 5.91 Å². The molecule has 0 spiro atoms. The van der Waals surface area contributed by atoms with E-state index in [1.807, 2.05) is 19.9 Å². The molecule has 0 saturated heterocycles. The van der Waals surface area contributed by atoms with Crippen molar-refractivity contribution in [2.24, 2.45) is 0 Å². The molecule has 0 radical (unpaired) electrons. The topological polar surface area (TPSA) is 41.6 Å². The molecule has 21 heavy (non-hydrogen) atoms. The van der Waals surface area contributed by atoms with E-state index < -0.39 is 0 Å². The van der Waals surface area contributed by atoms with E-state index in [0.29, 0.717) is 6.54 Å². The van der Waals surface area contributed by atoms with E-state index in [1.165, 1.54) is 5.56 Å². The molecule has 0 heterocycles. The standard InChI is InChI=1S/C17H28N2O2/c1-6-19(7-2)9-8-18-17(20)12-21-16-11-13(3)10-14(4)15(16)5/h10-11H,6-9,12H2,1-5H3,(H,18,20). The van der Waals surface area contributed by atoms with Crippen molar-refractivity contribution in [3.05, 3.63) is 28.8 Å². The number of carbonyl (C=O) groups is 1. The summed E-state index contributed by atoms with van der Waals surface area (Å²) in [6.45, 7) is 14.0. The fourth-order valence-electron chi connectivity index (χ4n) is 2.24. The van der Waals surface area contributed by atoms with Crippen molar-refractivity contribution in [3.63, 3.8) is 0 Å². The number of rotatable bonds is 8. The third-order valence-electron chi connectivity index (χ3n) is 3.77. The lowest BCUT2D eigenvalue weighted by Gasteiger charge is -2.18. The lowest BCUT2D eigenvalue weighted by atomic mass is 10.1. The number of carbonyl (C=O) groups excluding carboxylic acids is 1. The lowest BCUT2D eigenvalue weighted by Crippen LogP contribution is -2.36. The summed E-state index contributed by atoms with van der Waals surface area (Å²) >= 11 is 0. The van der Waals surface area contributed by atoms with Crippen LogP contribution in [0.4, 0.5) is 0 Å². The van der Waals surface area contributed by atoms with Crippen molar-refractivity contribution in [2.45, 2.75) is 34.6 Å². The van der Waals surface area contributed by atoms with Crippen LogP contribution in [0.15, 0.2) is 12.1 Å². The molecule has 4 nitrogen and oxygen atoms in total. The van der Waals surface area contributed by atoms with Gasteiger partial charge in [-0.3, -0.25) is 4.79 Å². The molecule has 0 aliphatic heterocycles. The maximum atomic E-state index is 11.8. The Morgan fingerprint density at radius 3 is 2.48 bits per heavy atom. The minimum Gasteiger partial charge on any atom is -0.483 e. The number of amides is 1. The summed E-state index contributed by atoms with van der Waals surface area (Å²) in [4.78, 5) is 14.1. The monoisotopic (exact) mass is 292 g/mol. The van der Waals surface area contributed by atoms with E-state index in [0.717, 1.165) is 36.5 Å². The Labute approximate surface area is 128 Å². The lowest BCUT2D eigenvalue weighted by molar-refractivity contribution is -0.123. The van der Waals surface area contributed by atoms with Gasteiger partial charge in [-0.1, -0.05) is 19.9 Å². The van der Waals surface area contributed by atoms with Crippen LogP contribution in [0.2, 0.25) is 0 Å². The largest absolute Gasteiger partial charge is 0.483 e. The van der Waals surface area contributed by atoms with Crippen molar-refractivity contribution in [1.82, 2.24) is 10.2 Å². The first-order valence-electron chi connectivity index (χ1n) is 7.67. The van der Waals surface area contributed by atoms with Gasteiger partial charge >= 0.3 is 0 Å². The number of hydrogen-bond acceptors (Lipinski definition) is 3. The van der Waals surface area contributed by atoms with E-state index >= 15 is 0 Å². The number of aryl methyl sites for hydroxylation is 2. The van der Waals surface area contributed by atoms with Gasteiger partial charge in [0.2, 0.25) is 0 Å². The second-order valence-electron chi connectivity index (χ2n) is 5.37. The molecule has 0 aliphatic rings. The summed E-state index contributed by atoms with van der Waals surface area (Å²) < 4.78 is 5.64. The van der Waals surface area contributed by atoms with E-state index in [4.69, 9.17) is 4.74 Å². The van der Waals surface area contributed by atoms with Gasteiger partial charge in [0.15, 0.2) is 6.61 Å². The molecule has 1 rings (SSSR count). The molecule has 1 N–H and O–H groups in total. The second-order valence-corrected chi connectivity index (χ2v) is 5.37. The third kappa shape index (κ3) is 5.76. The van der Waals surface area contributed by atoms with Crippen LogP contribution in [0.5, 0.6) is 5.75 Å². The molecule has 1 aromatic carbocycles. The molecule has 0 fully saturated rings. The van der Waals surface area contributed by atoms with Gasteiger partial charge < -0.3 is 15.0 Å². The zero-order valence-electron chi connectivity index (χ0n) is 14.0. The van der Waals surface area contributed by atoms with E-state index in [2.05, 4.69) is 37.1 Å². The fraction of sp³-hybridized carbons (Fsp3) is 0.588. The smallest absolute Gasteiger partial charge is 0.257 e. The average Bonchev–Trinajstić information content (AvgIpc) is 2.46. The summed E-state index contributed by atoms with van der Waals surface area (Å²) in [5.74, 6) is 0.729. The van der Waals surface area contributed by atoms with E-state index in [9.17, 15) is 4.79 Å². The highest BCUT2D eigenvalue weighted by molar-refractivity contribution is 5.77. The first-order chi connectivity index (χ1) is 9.97. The molecule has 0 atom stereocenters. The molecule has 1 aromatic rings. The van der Waals surface area contributed by atoms with E-state index in [1.54, 1.807) is 0 Å². The molecule has 0 saturated carbocycles. The number of hydrogen-bond donors (Lipinski definition) is 1. The van der Waals surface area contributed by atoms with Gasteiger partial charge in [-0.05, 0) is 56.6 Å². The molecular weight excluding hydrogens is 264 g/mol. The van der Waals surface area contributed by atoms with Gasteiger partial charge in [-0.2, -0.15) is 0 Å². The fourth-order valence-corrected chi connectivity index (χ4v) is 2.24. The maximum Gasteiger partial charge on any atom is 0.257 e. The first kappa shape index (κ1) is 17.5. The Bertz CT molecular complexity index is 468. The zero-order chi connectivity index (χ0) is 15.8. The Hall–Kier alpha value is -1.55. The SMILES string of the molecule is CCN(CC)CCNC(=O)COc1cc(C)cc(C)c1C. The number of nitrogens with zero attached hydrogens (tertiary/aromatic N) is 1. The summed E-state index contributed by atoms with van der Waals surface area (Å²) in [7, 11) is 0. The molecule has 0 aromatic heterocycles. The number of benzene rings is 1. The van der Waals surface area contributed by atoms with Crippen molar-refractivity contribution in [1.29, 1.82) is 0 Å². The van der Waals surface area contributed by atoms with Crippen LogP contribution in [-0.2, 0) is 4.79 Å². The average molecular weight is 292 g/mol. The van der Waals surface area contributed by atoms with Crippen LogP contribution in [0.25, 0.3) is 0 Å². The van der Waals surface area contributed by atoms with E-state index in [-0.39, 0.29) is 12.5 Å². The van der Waals surface area contributed by atoms with Crippen LogP contribution >= 0.6 is 0 Å². The molecule has 118 valence electrons. The summed E-state index contributed by atoms with van der Waals surface area (Å²) in [5, 5.41) is 2.90. The molecule has 1 amide bonds. The van der Waals surface area contributed by atoms with Crippen LogP contribution in [0.3, 0.4) is 0 Å².